The van der Waals surface area contributed by atoms with E-state index in [0.29, 0.717) is 18.1 Å². The molecule has 1 saturated carbocycles. The summed E-state index contributed by atoms with van der Waals surface area (Å²) in [6.07, 6.45) is 5.71. The Morgan fingerprint density at radius 3 is 2.26 bits per heavy atom. The maximum absolute atomic E-state index is 12.2. The quantitative estimate of drug-likeness (QED) is 0.803. The zero-order chi connectivity index (χ0) is 14.4. The van der Waals surface area contributed by atoms with Crippen molar-refractivity contribution < 1.29 is 9.53 Å². The van der Waals surface area contributed by atoms with E-state index in [-0.39, 0.29) is 11.9 Å². The van der Waals surface area contributed by atoms with Crippen molar-refractivity contribution in [2.75, 3.05) is 21.2 Å². The lowest BCUT2D eigenvalue weighted by Crippen LogP contribution is -2.49. The Morgan fingerprint density at radius 1 is 1.26 bits per heavy atom. The minimum absolute atomic E-state index is 0.0425. The smallest absolute Gasteiger partial charge is 0.239 e. The summed E-state index contributed by atoms with van der Waals surface area (Å²) in [5.41, 5.74) is 0. The van der Waals surface area contributed by atoms with Crippen LogP contribution in [0.25, 0.3) is 0 Å². The number of methoxy groups -OCH3 is 1. The molecule has 0 spiro atoms. The summed E-state index contributed by atoms with van der Waals surface area (Å²) in [5, 5.41) is 3.57. The van der Waals surface area contributed by atoms with Crippen molar-refractivity contribution in [3.8, 4) is 0 Å². The molecule has 1 aliphatic rings. The van der Waals surface area contributed by atoms with Gasteiger partial charge in [-0.1, -0.05) is 13.8 Å². The van der Waals surface area contributed by atoms with Gasteiger partial charge in [-0.05, 0) is 38.0 Å². The van der Waals surface area contributed by atoms with Gasteiger partial charge in [-0.3, -0.25) is 4.79 Å². The molecule has 0 radical (unpaired) electrons. The molecule has 0 bridgehead atoms. The lowest BCUT2D eigenvalue weighted by atomic mass is 9.91. The van der Waals surface area contributed by atoms with Gasteiger partial charge in [0.15, 0.2) is 0 Å². The first kappa shape index (κ1) is 16.4. The summed E-state index contributed by atoms with van der Waals surface area (Å²) in [6, 6.07) is 0.415. The van der Waals surface area contributed by atoms with Crippen LogP contribution < -0.4 is 5.32 Å². The van der Waals surface area contributed by atoms with Crippen molar-refractivity contribution >= 4 is 5.91 Å². The monoisotopic (exact) mass is 270 g/mol. The molecule has 1 atom stereocenters. The van der Waals surface area contributed by atoms with Gasteiger partial charge in [0.25, 0.3) is 0 Å². The van der Waals surface area contributed by atoms with Crippen molar-refractivity contribution in [2.24, 2.45) is 5.92 Å². The minimum Gasteiger partial charge on any atom is -0.381 e. The molecule has 0 saturated heterocycles. The van der Waals surface area contributed by atoms with Crippen LogP contribution in [0.4, 0.5) is 0 Å². The van der Waals surface area contributed by atoms with E-state index in [9.17, 15) is 4.79 Å². The number of nitrogens with zero attached hydrogens (tertiary/aromatic N) is 1. The van der Waals surface area contributed by atoms with E-state index in [4.69, 9.17) is 4.74 Å². The van der Waals surface area contributed by atoms with Gasteiger partial charge in [0.1, 0.15) is 0 Å². The highest BCUT2D eigenvalue weighted by Crippen LogP contribution is 2.22. The maximum Gasteiger partial charge on any atom is 0.239 e. The highest BCUT2D eigenvalue weighted by atomic mass is 16.5. The molecule has 0 heterocycles. The predicted octanol–water partition coefficient (Wildman–Crippen LogP) is 2.04. The summed E-state index contributed by atoms with van der Waals surface area (Å²) in [5.74, 6) is 0.722. The van der Waals surface area contributed by atoms with Crippen LogP contribution in [0, 0.1) is 5.92 Å². The fourth-order valence-corrected chi connectivity index (χ4v) is 2.77. The Balaban J connectivity index is 2.50. The SMILES string of the molecule is COC1CCC(NC(CC(C)C)C(=O)N(C)C)CC1. The number of likely N-dealkylation sites (N-methyl/N-ethyl adjacent to an activating group) is 1. The first-order valence-electron chi connectivity index (χ1n) is 7.44. The van der Waals surface area contributed by atoms with Crippen molar-refractivity contribution in [3.05, 3.63) is 0 Å². The number of hydrogen-bond donors (Lipinski definition) is 1. The molecule has 0 aromatic heterocycles. The Hall–Kier alpha value is -0.610. The van der Waals surface area contributed by atoms with Crippen LogP contribution in [-0.4, -0.2) is 50.2 Å². The van der Waals surface area contributed by atoms with E-state index in [1.54, 1.807) is 12.0 Å². The second kappa shape index (κ2) is 7.85. The first-order chi connectivity index (χ1) is 8.93. The van der Waals surface area contributed by atoms with E-state index in [1.807, 2.05) is 14.1 Å². The van der Waals surface area contributed by atoms with Gasteiger partial charge in [-0.15, -0.1) is 0 Å². The second-order valence-corrected chi connectivity index (χ2v) is 6.29. The minimum atomic E-state index is -0.0425. The largest absolute Gasteiger partial charge is 0.381 e. The molecule has 0 aromatic carbocycles. The summed E-state index contributed by atoms with van der Waals surface area (Å²) >= 11 is 0. The lowest BCUT2D eigenvalue weighted by Gasteiger charge is -2.32. The van der Waals surface area contributed by atoms with Gasteiger partial charge in [-0.25, -0.2) is 0 Å². The summed E-state index contributed by atoms with van der Waals surface area (Å²) in [6.45, 7) is 4.33. The molecule has 0 aromatic rings. The van der Waals surface area contributed by atoms with Crippen LogP contribution in [0.2, 0.25) is 0 Å². The standard InChI is InChI=1S/C15H30N2O2/c1-11(2)10-14(15(18)17(3)4)16-12-6-8-13(19-5)9-7-12/h11-14,16H,6-10H2,1-5H3. The molecule has 1 fully saturated rings. The Labute approximate surface area is 117 Å². The van der Waals surface area contributed by atoms with Gasteiger partial charge in [-0.2, -0.15) is 0 Å². The lowest BCUT2D eigenvalue weighted by molar-refractivity contribution is -0.131. The average molecular weight is 270 g/mol. The van der Waals surface area contributed by atoms with Gasteiger partial charge in [0.05, 0.1) is 12.1 Å². The third-order valence-electron chi connectivity index (χ3n) is 3.89. The van der Waals surface area contributed by atoms with Crippen molar-refractivity contribution in [1.29, 1.82) is 0 Å². The zero-order valence-corrected chi connectivity index (χ0v) is 13.1. The highest BCUT2D eigenvalue weighted by molar-refractivity contribution is 5.81. The number of nitrogens with one attached hydrogen (secondary N) is 1. The number of hydrogen-bond acceptors (Lipinski definition) is 3. The number of ether oxygens (including phenoxy) is 1. The molecule has 1 unspecified atom stereocenters. The van der Waals surface area contributed by atoms with Crippen molar-refractivity contribution in [3.63, 3.8) is 0 Å². The molecule has 19 heavy (non-hydrogen) atoms. The van der Waals surface area contributed by atoms with Gasteiger partial charge < -0.3 is 15.0 Å². The molecule has 4 heteroatoms. The molecular formula is C15H30N2O2. The van der Waals surface area contributed by atoms with Crippen LogP contribution in [0.15, 0.2) is 0 Å². The molecule has 0 aliphatic heterocycles. The third kappa shape index (κ3) is 5.49. The second-order valence-electron chi connectivity index (χ2n) is 6.29. The van der Waals surface area contributed by atoms with E-state index in [2.05, 4.69) is 19.2 Å². The van der Waals surface area contributed by atoms with Crippen LogP contribution in [0.5, 0.6) is 0 Å². The highest BCUT2D eigenvalue weighted by Gasteiger charge is 2.27. The molecule has 1 aliphatic carbocycles. The predicted molar refractivity (Wildman–Crippen MR) is 78.1 cm³/mol. The Kier molecular flexibility index (Phi) is 6.80. The molecule has 4 nitrogen and oxygen atoms in total. The van der Waals surface area contributed by atoms with Gasteiger partial charge in [0, 0.05) is 27.2 Å². The number of carbonyl (C=O) groups is 1. The summed E-state index contributed by atoms with van der Waals surface area (Å²) in [4.78, 5) is 13.9. The fraction of sp³-hybridized carbons (Fsp3) is 0.933. The van der Waals surface area contributed by atoms with E-state index >= 15 is 0 Å². The van der Waals surface area contributed by atoms with Crippen molar-refractivity contribution in [2.45, 2.75) is 64.1 Å². The van der Waals surface area contributed by atoms with E-state index in [0.717, 1.165) is 32.1 Å². The van der Waals surface area contributed by atoms with Crippen LogP contribution in [0.3, 0.4) is 0 Å². The van der Waals surface area contributed by atoms with Gasteiger partial charge >= 0.3 is 0 Å². The first-order valence-corrected chi connectivity index (χ1v) is 7.44. The maximum atomic E-state index is 12.2. The average Bonchev–Trinajstić information content (AvgIpc) is 2.37. The Bertz CT molecular complexity index is 271. The van der Waals surface area contributed by atoms with Crippen molar-refractivity contribution in [1.82, 2.24) is 10.2 Å². The number of amides is 1. The number of carbonyl (C=O) groups excluding carboxylic acids is 1. The molecule has 1 N–H and O–H groups in total. The number of rotatable bonds is 6. The summed E-state index contributed by atoms with van der Waals surface area (Å²) in [7, 11) is 5.45. The van der Waals surface area contributed by atoms with Crippen LogP contribution in [0.1, 0.15) is 46.0 Å². The molecular weight excluding hydrogens is 240 g/mol. The fourth-order valence-electron chi connectivity index (χ4n) is 2.77. The normalized spacial score (nSPS) is 25.4. The summed E-state index contributed by atoms with van der Waals surface area (Å²) < 4.78 is 5.39. The zero-order valence-electron chi connectivity index (χ0n) is 13.1. The van der Waals surface area contributed by atoms with Crippen LogP contribution >= 0.6 is 0 Å². The Morgan fingerprint density at radius 2 is 1.84 bits per heavy atom. The topological polar surface area (TPSA) is 41.6 Å². The molecule has 1 amide bonds. The molecule has 112 valence electrons. The van der Waals surface area contributed by atoms with E-state index in [1.165, 1.54) is 0 Å². The van der Waals surface area contributed by atoms with Crippen LogP contribution in [-0.2, 0) is 9.53 Å². The molecule has 1 rings (SSSR count). The van der Waals surface area contributed by atoms with E-state index < -0.39 is 0 Å². The van der Waals surface area contributed by atoms with Gasteiger partial charge in [0.2, 0.25) is 5.91 Å². The third-order valence-corrected chi connectivity index (χ3v) is 3.89.